The Bertz CT molecular complexity index is 87.9. The Labute approximate surface area is 81.4 Å². The molecule has 2 nitrogen and oxygen atoms in total. The lowest BCUT2D eigenvalue weighted by molar-refractivity contribution is 0.0176. The maximum atomic E-state index is 8.95. The quantitative estimate of drug-likeness (QED) is 0.688. The first kappa shape index (κ1) is 11.8. The van der Waals surface area contributed by atoms with E-state index in [2.05, 4.69) is 0 Å². The van der Waals surface area contributed by atoms with Gasteiger partial charge < -0.3 is 9.84 Å². The summed E-state index contributed by atoms with van der Waals surface area (Å²) in [6.45, 7) is 0.188. The minimum Gasteiger partial charge on any atom is -0.389 e. The molecule has 0 heterocycles. The third kappa shape index (κ3) is 6.00. The summed E-state index contributed by atoms with van der Waals surface area (Å²) in [6, 6.07) is 0. The second-order valence-corrected chi connectivity index (χ2v) is 3.00. The average Bonchev–Trinajstić information content (AvgIpc) is 2.06. The average molecular weight is 222 g/mol. The fraction of sp³-hybridized carbons (Fsp3) is 1.00. The SMILES string of the molecule is OC(CCl)COC(CCl)CCl. The van der Waals surface area contributed by atoms with Crippen molar-refractivity contribution in [1.82, 2.24) is 0 Å². The predicted octanol–water partition coefficient (Wildman–Crippen LogP) is 1.45. The van der Waals surface area contributed by atoms with Crippen molar-refractivity contribution >= 4 is 34.8 Å². The monoisotopic (exact) mass is 220 g/mol. The van der Waals surface area contributed by atoms with Gasteiger partial charge in [0.05, 0.1) is 24.7 Å². The molecule has 0 aliphatic rings. The Morgan fingerprint density at radius 3 is 2.00 bits per heavy atom. The number of aliphatic hydroxyl groups is 1. The van der Waals surface area contributed by atoms with Gasteiger partial charge in [-0.3, -0.25) is 0 Å². The molecule has 0 amide bonds. The zero-order valence-electron chi connectivity index (χ0n) is 5.97. The van der Waals surface area contributed by atoms with Gasteiger partial charge in [-0.15, -0.1) is 34.8 Å². The molecule has 68 valence electrons. The van der Waals surface area contributed by atoms with Crippen molar-refractivity contribution in [2.45, 2.75) is 12.2 Å². The van der Waals surface area contributed by atoms with E-state index < -0.39 is 6.10 Å². The molecule has 0 rings (SSSR count). The first-order valence-corrected chi connectivity index (χ1v) is 4.82. The van der Waals surface area contributed by atoms with Crippen molar-refractivity contribution < 1.29 is 9.84 Å². The fourth-order valence-electron chi connectivity index (χ4n) is 0.422. The van der Waals surface area contributed by atoms with Crippen molar-refractivity contribution in [3.8, 4) is 0 Å². The van der Waals surface area contributed by atoms with E-state index in [1.165, 1.54) is 0 Å². The lowest BCUT2D eigenvalue weighted by atomic mass is 10.4. The third-order valence-corrected chi connectivity index (χ3v) is 2.09. The Morgan fingerprint density at radius 2 is 1.64 bits per heavy atom. The van der Waals surface area contributed by atoms with Crippen LogP contribution in [0.1, 0.15) is 0 Å². The highest BCUT2D eigenvalue weighted by Crippen LogP contribution is 2.00. The van der Waals surface area contributed by atoms with Crippen LogP contribution in [0, 0.1) is 0 Å². The lowest BCUT2D eigenvalue weighted by Gasteiger charge is -2.13. The van der Waals surface area contributed by atoms with Gasteiger partial charge in [-0.25, -0.2) is 0 Å². The molecule has 0 aliphatic heterocycles. The van der Waals surface area contributed by atoms with E-state index in [0.717, 1.165) is 0 Å². The van der Waals surface area contributed by atoms with Crippen LogP contribution in [0.15, 0.2) is 0 Å². The van der Waals surface area contributed by atoms with Gasteiger partial charge >= 0.3 is 0 Å². The molecular weight excluding hydrogens is 210 g/mol. The first-order chi connectivity index (χ1) is 5.24. The highest BCUT2D eigenvalue weighted by atomic mass is 35.5. The Kier molecular flexibility index (Phi) is 7.97. The number of hydrogen-bond donors (Lipinski definition) is 1. The van der Waals surface area contributed by atoms with Crippen molar-refractivity contribution in [2.24, 2.45) is 0 Å². The Balaban J connectivity index is 3.34. The standard InChI is InChI=1S/C6H11Cl3O2/c7-1-5(10)4-11-6(2-8)3-9/h5-6,10H,1-4H2. The molecule has 11 heavy (non-hydrogen) atoms. The molecule has 5 heteroatoms. The normalized spacial score (nSPS) is 13.9. The second kappa shape index (κ2) is 7.44. The van der Waals surface area contributed by atoms with Crippen LogP contribution in [0.4, 0.5) is 0 Å². The molecule has 1 N–H and O–H groups in total. The Hall–Kier alpha value is 0.790. The van der Waals surface area contributed by atoms with E-state index in [4.69, 9.17) is 44.6 Å². The largest absolute Gasteiger partial charge is 0.389 e. The lowest BCUT2D eigenvalue weighted by Crippen LogP contribution is -2.24. The molecule has 1 unspecified atom stereocenters. The topological polar surface area (TPSA) is 29.5 Å². The number of hydrogen-bond acceptors (Lipinski definition) is 2. The molecule has 0 bridgehead atoms. The number of rotatable bonds is 6. The molecule has 0 aliphatic carbocycles. The van der Waals surface area contributed by atoms with Crippen molar-refractivity contribution in [1.29, 1.82) is 0 Å². The van der Waals surface area contributed by atoms with E-state index in [0.29, 0.717) is 11.8 Å². The number of aliphatic hydroxyl groups excluding tert-OH is 1. The molecule has 0 spiro atoms. The highest BCUT2D eigenvalue weighted by molar-refractivity contribution is 6.21. The number of alkyl halides is 3. The molecule has 0 aromatic rings. The van der Waals surface area contributed by atoms with Gasteiger partial charge in [0.2, 0.25) is 0 Å². The first-order valence-electron chi connectivity index (χ1n) is 3.22. The summed E-state index contributed by atoms with van der Waals surface area (Å²) in [4.78, 5) is 0. The zero-order valence-corrected chi connectivity index (χ0v) is 8.24. The molecule has 0 aromatic carbocycles. The van der Waals surface area contributed by atoms with Crippen LogP contribution in [0.2, 0.25) is 0 Å². The van der Waals surface area contributed by atoms with Gasteiger partial charge in [-0.2, -0.15) is 0 Å². The van der Waals surface area contributed by atoms with Gasteiger partial charge in [-0.1, -0.05) is 0 Å². The molecule has 0 fully saturated rings. The molecule has 0 radical (unpaired) electrons. The number of halogens is 3. The summed E-state index contributed by atoms with van der Waals surface area (Å²) in [5.74, 6) is 0.828. The minimum atomic E-state index is -0.634. The van der Waals surface area contributed by atoms with E-state index in [1.54, 1.807) is 0 Å². The Morgan fingerprint density at radius 1 is 1.09 bits per heavy atom. The van der Waals surface area contributed by atoms with Gasteiger partial charge in [-0.05, 0) is 0 Å². The van der Waals surface area contributed by atoms with Gasteiger partial charge in [0.1, 0.15) is 0 Å². The van der Waals surface area contributed by atoms with Crippen molar-refractivity contribution in [2.75, 3.05) is 24.2 Å². The fourth-order valence-corrected chi connectivity index (χ4v) is 1.02. The maximum Gasteiger partial charge on any atom is 0.0908 e. The maximum absolute atomic E-state index is 8.95. The summed E-state index contributed by atoms with van der Waals surface area (Å²) in [6.07, 6.45) is -0.832. The summed E-state index contributed by atoms with van der Waals surface area (Å²) >= 11 is 16.3. The smallest absolute Gasteiger partial charge is 0.0908 e. The zero-order chi connectivity index (χ0) is 8.69. The minimum absolute atomic E-state index is 0.164. The molecule has 0 saturated carbocycles. The van der Waals surface area contributed by atoms with Crippen LogP contribution >= 0.6 is 34.8 Å². The third-order valence-electron chi connectivity index (χ3n) is 1.05. The van der Waals surface area contributed by atoms with Gasteiger partial charge in [0.25, 0.3) is 0 Å². The molecular formula is C6H11Cl3O2. The summed E-state index contributed by atoms with van der Waals surface area (Å²) in [5.41, 5.74) is 0. The van der Waals surface area contributed by atoms with Crippen LogP contribution < -0.4 is 0 Å². The van der Waals surface area contributed by atoms with Crippen molar-refractivity contribution in [3.05, 3.63) is 0 Å². The van der Waals surface area contributed by atoms with E-state index >= 15 is 0 Å². The van der Waals surface area contributed by atoms with Crippen LogP contribution in [-0.4, -0.2) is 41.6 Å². The van der Waals surface area contributed by atoms with Crippen LogP contribution in [0.3, 0.4) is 0 Å². The van der Waals surface area contributed by atoms with E-state index in [9.17, 15) is 0 Å². The second-order valence-electron chi connectivity index (χ2n) is 2.07. The van der Waals surface area contributed by atoms with Crippen LogP contribution in [0.5, 0.6) is 0 Å². The summed E-state index contributed by atoms with van der Waals surface area (Å²) < 4.78 is 5.09. The molecule has 1 atom stereocenters. The molecule has 0 aromatic heterocycles. The summed E-state index contributed by atoms with van der Waals surface area (Å²) in [7, 11) is 0. The van der Waals surface area contributed by atoms with Crippen LogP contribution in [-0.2, 0) is 4.74 Å². The van der Waals surface area contributed by atoms with Crippen molar-refractivity contribution in [3.63, 3.8) is 0 Å². The van der Waals surface area contributed by atoms with Crippen LogP contribution in [0.25, 0.3) is 0 Å². The van der Waals surface area contributed by atoms with Gasteiger partial charge in [0.15, 0.2) is 0 Å². The van der Waals surface area contributed by atoms with Gasteiger partial charge in [0, 0.05) is 11.8 Å². The summed E-state index contributed by atoms with van der Waals surface area (Å²) in [5, 5.41) is 8.95. The highest BCUT2D eigenvalue weighted by Gasteiger charge is 2.08. The predicted molar refractivity (Wildman–Crippen MR) is 47.9 cm³/mol. The van der Waals surface area contributed by atoms with E-state index in [-0.39, 0.29) is 18.6 Å². The van der Waals surface area contributed by atoms with E-state index in [1.807, 2.05) is 0 Å². The molecule has 0 saturated heterocycles. The number of ether oxygens (including phenoxy) is 1.